The molecule has 2 aliphatic heterocycles. The Morgan fingerprint density at radius 2 is 2.19 bits per heavy atom. The van der Waals surface area contributed by atoms with Gasteiger partial charge < -0.3 is 14.5 Å². The van der Waals surface area contributed by atoms with E-state index in [9.17, 15) is 4.79 Å². The molecule has 2 fully saturated rings. The summed E-state index contributed by atoms with van der Waals surface area (Å²) >= 11 is 0. The summed E-state index contributed by atoms with van der Waals surface area (Å²) in [4.78, 5) is 20.6. The van der Waals surface area contributed by atoms with Crippen LogP contribution in [0.4, 0.5) is 10.5 Å². The number of fused-ring (bicyclic) bond motifs is 1. The quantitative estimate of drug-likeness (QED) is 0.797. The molecule has 0 spiro atoms. The molecule has 2 atom stereocenters. The van der Waals surface area contributed by atoms with Crippen molar-refractivity contribution in [1.29, 1.82) is 0 Å². The van der Waals surface area contributed by atoms with Crippen molar-refractivity contribution in [2.24, 2.45) is 5.92 Å². The second-order valence-corrected chi connectivity index (χ2v) is 6.91. The standard InChI is InChI=1S/C16H23N3O2/c1-16(2,3)21-15(20)18-10-12-6-8-19(14(12)11-18)13-5-4-7-17-9-13/h4-5,7,9,12,14H,6,8,10-11H2,1-3H3/t12-,14+/m0/s1. The zero-order valence-electron chi connectivity index (χ0n) is 13.0. The second kappa shape index (κ2) is 5.20. The van der Waals surface area contributed by atoms with Crippen LogP contribution in [0.2, 0.25) is 0 Å². The molecular weight excluding hydrogens is 266 g/mol. The fourth-order valence-corrected chi connectivity index (χ4v) is 3.28. The molecule has 21 heavy (non-hydrogen) atoms. The molecule has 0 aromatic carbocycles. The lowest BCUT2D eigenvalue weighted by atomic mass is 10.1. The number of rotatable bonds is 1. The van der Waals surface area contributed by atoms with Crippen molar-refractivity contribution in [3.8, 4) is 0 Å². The van der Waals surface area contributed by atoms with E-state index in [4.69, 9.17) is 4.74 Å². The van der Waals surface area contributed by atoms with Gasteiger partial charge in [0.1, 0.15) is 5.60 Å². The number of hydrogen-bond donors (Lipinski definition) is 0. The van der Waals surface area contributed by atoms with Gasteiger partial charge in [-0.2, -0.15) is 0 Å². The van der Waals surface area contributed by atoms with Crippen molar-refractivity contribution in [3.63, 3.8) is 0 Å². The summed E-state index contributed by atoms with van der Waals surface area (Å²) in [6.07, 6.45) is 4.62. The Bertz CT molecular complexity index is 512. The molecule has 1 amide bonds. The molecule has 2 aliphatic rings. The first-order valence-corrected chi connectivity index (χ1v) is 7.58. The van der Waals surface area contributed by atoms with Crippen molar-refractivity contribution < 1.29 is 9.53 Å². The predicted octanol–water partition coefficient (Wildman–Crippen LogP) is 2.53. The predicted molar refractivity (Wildman–Crippen MR) is 81.3 cm³/mol. The maximum Gasteiger partial charge on any atom is 0.410 e. The largest absolute Gasteiger partial charge is 0.444 e. The second-order valence-electron chi connectivity index (χ2n) is 6.91. The van der Waals surface area contributed by atoms with Crippen LogP contribution in [0, 0.1) is 5.92 Å². The molecule has 114 valence electrons. The number of carbonyl (C=O) groups is 1. The average molecular weight is 289 g/mol. The van der Waals surface area contributed by atoms with Crippen LogP contribution >= 0.6 is 0 Å². The Kier molecular flexibility index (Phi) is 3.51. The normalized spacial score (nSPS) is 25.1. The summed E-state index contributed by atoms with van der Waals surface area (Å²) in [5.41, 5.74) is 0.716. The van der Waals surface area contributed by atoms with Gasteiger partial charge in [0.2, 0.25) is 0 Å². The van der Waals surface area contributed by atoms with Gasteiger partial charge in [-0.05, 0) is 39.3 Å². The summed E-state index contributed by atoms with van der Waals surface area (Å²) in [5, 5.41) is 0. The smallest absolute Gasteiger partial charge is 0.410 e. The van der Waals surface area contributed by atoms with Crippen LogP contribution in [-0.4, -0.2) is 47.3 Å². The lowest BCUT2D eigenvalue weighted by Crippen LogP contribution is -2.39. The van der Waals surface area contributed by atoms with Crippen molar-refractivity contribution in [1.82, 2.24) is 9.88 Å². The van der Waals surface area contributed by atoms with Gasteiger partial charge in [0.15, 0.2) is 0 Å². The van der Waals surface area contributed by atoms with Crippen LogP contribution in [0.1, 0.15) is 27.2 Å². The Labute approximate surface area is 125 Å². The molecule has 0 saturated carbocycles. The Balaban J connectivity index is 1.68. The third-order valence-electron chi connectivity index (χ3n) is 4.18. The number of likely N-dealkylation sites (tertiary alicyclic amines) is 1. The van der Waals surface area contributed by atoms with Gasteiger partial charge in [-0.1, -0.05) is 0 Å². The number of carbonyl (C=O) groups excluding carboxylic acids is 1. The molecule has 5 nitrogen and oxygen atoms in total. The summed E-state index contributed by atoms with van der Waals surface area (Å²) in [6.45, 7) is 8.31. The number of ether oxygens (including phenoxy) is 1. The third kappa shape index (κ3) is 2.96. The molecule has 2 saturated heterocycles. The van der Waals surface area contributed by atoms with E-state index in [1.54, 1.807) is 6.20 Å². The minimum absolute atomic E-state index is 0.192. The molecule has 1 aromatic rings. The monoisotopic (exact) mass is 289 g/mol. The molecule has 0 aliphatic carbocycles. The molecular formula is C16H23N3O2. The number of anilines is 1. The minimum Gasteiger partial charge on any atom is -0.444 e. The number of hydrogen-bond acceptors (Lipinski definition) is 4. The fraction of sp³-hybridized carbons (Fsp3) is 0.625. The Morgan fingerprint density at radius 1 is 1.38 bits per heavy atom. The number of amides is 1. The first-order valence-electron chi connectivity index (χ1n) is 7.58. The van der Waals surface area contributed by atoms with Crippen molar-refractivity contribution in [2.45, 2.75) is 38.8 Å². The first kappa shape index (κ1) is 14.2. The van der Waals surface area contributed by atoms with Crippen molar-refractivity contribution in [3.05, 3.63) is 24.5 Å². The maximum absolute atomic E-state index is 12.2. The van der Waals surface area contributed by atoms with Crippen LogP contribution in [0.25, 0.3) is 0 Å². The van der Waals surface area contributed by atoms with Gasteiger partial charge in [0, 0.05) is 31.7 Å². The molecule has 3 rings (SSSR count). The highest BCUT2D eigenvalue weighted by Gasteiger charge is 2.43. The van der Waals surface area contributed by atoms with E-state index in [1.165, 1.54) is 0 Å². The van der Waals surface area contributed by atoms with Crippen LogP contribution in [0.3, 0.4) is 0 Å². The zero-order valence-corrected chi connectivity index (χ0v) is 13.0. The zero-order chi connectivity index (χ0) is 15.0. The van der Waals surface area contributed by atoms with E-state index in [1.807, 2.05) is 37.9 Å². The molecule has 0 radical (unpaired) electrons. The molecule has 5 heteroatoms. The van der Waals surface area contributed by atoms with Gasteiger partial charge in [0.05, 0.1) is 17.9 Å². The summed E-state index contributed by atoms with van der Waals surface area (Å²) in [6, 6.07) is 4.44. The Morgan fingerprint density at radius 3 is 2.86 bits per heavy atom. The van der Waals surface area contributed by atoms with E-state index < -0.39 is 5.60 Å². The average Bonchev–Trinajstić information content (AvgIpc) is 2.97. The maximum atomic E-state index is 12.2. The molecule has 0 N–H and O–H groups in total. The summed E-state index contributed by atoms with van der Waals surface area (Å²) in [7, 11) is 0. The van der Waals surface area contributed by atoms with Crippen LogP contribution in [-0.2, 0) is 4.74 Å². The molecule has 0 unspecified atom stereocenters. The van der Waals surface area contributed by atoms with E-state index in [0.717, 1.165) is 31.7 Å². The van der Waals surface area contributed by atoms with E-state index in [-0.39, 0.29) is 6.09 Å². The minimum atomic E-state index is -0.433. The highest BCUT2D eigenvalue weighted by atomic mass is 16.6. The highest BCUT2D eigenvalue weighted by Crippen LogP contribution is 2.35. The van der Waals surface area contributed by atoms with Crippen LogP contribution < -0.4 is 4.90 Å². The molecule has 0 bridgehead atoms. The molecule has 1 aromatic heterocycles. The van der Waals surface area contributed by atoms with Gasteiger partial charge in [-0.15, -0.1) is 0 Å². The van der Waals surface area contributed by atoms with E-state index in [0.29, 0.717) is 12.0 Å². The SMILES string of the molecule is CC(C)(C)OC(=O)N1C[C@@H]2CCN(c3cccnc3)[C@@H]2C1. The number of aromatic nitrogens is 1. The Hall–Kier alpha value is -1.78. The van der Waals surface area contributed by atoms with Gasteiger partial charge in [-0.25, -0.2) is 4.79 Å². The van der Waals surface area contributed by atoms with Crippen LogP contribution in [0.15, 0.2) is 24.5 Å². The highest BCUT2D eigenvalue weighted by molar-refractivity contribution is 5.69. The van der Waals surface area contributed by atoms with Gasteiger partial charge >= 0.3 is 6.09 Å². The van der Waals surface area contributed by atoms with E-state index in [2.05, 4.69) is 16.0 Å². The summed E-state index contributed by atoms with van der Waals surface area (Å²) in [5.74, 6) is 0.540. The fourth-order valence-electron chi connectivity index (χ4n) is 3.28. The first-order chi connectivity index (χ1) is 9.94. The van der Waals surface area contributed by atoms with Crippen molar-refractivity contribution >= 4 is 11.8 Å². The van der Waals surface area contributed by atoms with Crippen LogP contribution in [0.5, 0.6) is 0 Å². The van der Waals surface area contributed by atoms with Gasteiger partial charge in [-0.3, -0.25) is 4.98 Å². The lowest BCUT2D eigenvalue weighted by Gasteiger charge is -2.28. The van der Waals surface area contributed by atoms with Gasteiger partial charge in [0.25, 0.3) is 0 Å². The van der Waals surface area contributed by atoms with E-state index >= 15 is 0 Å². The third-order valence-corrected chi connectivity index (χ3v) is 4.18. The molecule has 3 heterocycles. The van der Waals surface area contributed by atoms with Crippen molar-refractivity contribution in [2.75, 3.05) is 24.5 Å². The lowest BCUT2D eigenvalue weighted by molar-refractivity contribution is 0.0284. The number of pyridine rings is 1. The summed E-state index contributed by atoms with van der Waals surface area (Å²) < 4.78 is 5.48. The number of nitrogens with zero attached hydrogens (tertiary/aromatic N) is 3. The topological polar surface area (TPSA) is 45.7 Å².